The van der Waals surface area contributed by atoms with Gasteiger partial charge in [-0.05, 0) is 30.7 Å². The number of rotatable bonds is 4. The summed E-state index contributed by atoms with van der Waals surface area (Å²) in [6.07, 6.45) is 1.74. The van der Waals surface area contributed by atoms with Crippen molar-refractivity contribution in [3.05, 3.63) is 77.2 Å². The molecule has 0 atom stereocenters. The minimum atomic E-state index is 0.535. The van der Waals surface area contributed by atoms with Gasteiger partial charge in [0.25, 0.3) is 0 Å². The molecule has 2 aromatic carbocycles. The second-order valence-corrected chi connectivity index (χ2v) is 6.99. The van der Waals surface area contributed by atoms with Crippen LogP contribution in [0.25, 0.3) is 16.6 Å². The Morgan fingerprint density at radius 1 is 1.08 bits per heavy atom. The molecule has 0 saturated carbocycles. The molecule has 0 aliphatic carbocycles. The number of hydrogen-bond acceptors (Lipinski definition) is 4. The van der Waals surface area contributed by atoms with E-state index in [2.05, 4.69) is 40.3 Å². The molecule has 4 aromatic rings. The molecule has 0 bridgehead atoms. The molecule has 0 spiro atoms. The van der Waals surface area contributed by atoms with Gasteiger partial charge in [0.2, 0.25) is 0 Å². The van der Waals surface area contributed by atoms with E-state index in [1.54, 1.807) is 18.1 Å². The molecule has 4 nitrogen and oxygen atoms in total. The topological polar surface area (TPSA) is 43.6 Å². The molecule has 0 N–H and O–H groups in total. The van der Waals surface area contributed by atoms with Gasteiger partial charge < -0.3 is 0 Å². The van der Waals surface area contributed by atoms with Crippen molar-refractivity contribution in [1.29, 1.82) is 0 Å². The highest BCUT2D eigenvalue weighted by molar-refractivity contribution is 7.98. The zero-order chi connectivity index (χ0) is 17.2. The Hall–Kier alpha value is -2.37. The van der Waals surface area contributed by atoms with Gasteiger partial charge in [0.15, 0.2) is 5.16 Å². The van der Waals surface area contributed by atoms with Crippen LogP contribution in [0.2, 0.25) is 5.15 Å². The number of pyridine rings is 1. The predicted molar refractivity (Wildman–Crippen MR) is 102 cm³/mol. The maximum Gasteiger partial charge on any atom is 0.195 e. The largest absolute Gasteiger partial charge is 0.276 e. The Bertz CT molecular complexity index is 1040. The van der Waals surface area contributed by atoms with Crippen LogP contribution < -0.4 is 0 Å². The van der Waals surface area contributed by atoms with Crippen molar-refractivity contribution in [2.45, 2.75) is 17.8 Å². The number of fused-ring (bicyclic) bond motifs is 1. The third-order valence-electron chi connectivity index (χ3n) is 4.00. The van der Waals surface area contributed by atoms with Gasteiger partial charge in [-0.15, -0.1) is 10.2 Å². The Kier molecular flexibility index (Phi) is 4.42. The minimum Gasteiger partial charge on any atom is -0.276 e. The molecule has 25 heavy (non-hydrogen) atoms. The van der Waals surface area contributed by atoms with Gasteiger partial charge in [0.1, 0.15) is 11.5 Å². The van der Waals surface area contributed by atoms with E-state index < -0.39 is 0 Å². The van der Waals surface area contributed by atoms with Gasteiger partial charge >= 0.3 is 0 Å². The number of benzene rings is 2. The number of nitrogens with zero attached hydrogens (tertiary/aromatic N) is 4. The van der Waals surface area contributed by atoms with Crippen LogP contribution in [0.5, 0.6) is 0 Å². The summed E-state index contributed by atoms with van der Waals surface area (Å²) >= 11 is 7.96. The number of aryl methyl sites for hydroxylation is 1. The lowest BCUT2D eigenvalue weighted by Crippen LogP contribution is -1.98. The molecule has 6 heteroatoms. The lowest BCUT2D eigenvalue weighted by Gasteiger charge is -2.10. The number of thioether (sulfide) groups is 1. The van der Waals surface area contributed by atoms with Crippen LogP contribution in [0.1, 0.15) is 11.1 Å². The molecule has 0 aliphatic heterocycles. The monoisotopic (exact) mass is 366 g/mol. The second-order valence-electron chi connectivity index (χ2n) is 5.69. The van der Waals surface area contributed by atoms with Crippen LogP contribution in [0, 0.1) is 6.92 Å². The van der Waals surface area contributed by atoms with Gasteiger partial charge in [-0.25, -0.2) is 4.98 Å². The number of para-hydroxylation sites is 2. The van der Waals surface area contributed by atoms with E-state index in [-0.39, 0.29) is 0 Å². The van der Waals surface area contributed by atoms with Gasteiger partial charge in [-0.1, -0.05) is 59.8 Å². The van der Waals surface area contributed by atoms with Crippen molar-refractivity contribution in [2.75, 3.05) is 0 Å². The summed E-state index contributed by atoms with van der Waals surface area (Å²) in [6, 6.07) is 18.2. The molecule has 124 valence electrons. The number of hydrogen-bond donors (Lipinski definition) is 0. The highest BCUT2D eigenvalue weighted by Crippen LogP contribution is 2.29. The molecule has 0 saturated heterocycles. The predicted octanol–water partition coefficient (Wildman–Crippen LogP) is 5.07. The van der Waals surface area contributed by atoms with Crippen LogP contribution in [0.4, 0.5) is 0 Å². The van der Waals surface area contributed by atoms with Gasteiger partial charge in [-0.3, -0.25) is 4.57 Å². The van der Waals surface area contributed by atoms with Crippen LogP contribution in [0.3, 0.4) is 0 Å². The fourth-order valence-electron chi connectivity index (χ4n) is 2.70. The summed E-state index contributed by atoms with van der Waals surface area (Å²) in [7, 11) is 0. The molecule has 2 heterocycles. The van der Waals surface area contributed by atoms with Crippen molar-refractivity contribution >= 4 is 34.3 Å². The average molecular weight is 367 g/mol. The first-order chi connectivity index (χ1) is 12.2. The minimum absolute atomic E-state index is 0.535. The SMILES string of the molecule is Cc1ccccc1-n1cnnc1SCc1cc2ccccc2nc1Cl. The summed E-state index contributed by atoms with van der Waals surface area (Å²) in [5.74, 6) is 0.682. The molecular formula is C19H15ClN4S. The first-order valence-corrected chi connectivity index (χ1v) is 9.22. The average Bonchev–Trinajstić information content (AvgIpc) is 3.08. The Morgan fingerprint density at radius 2 is 1.88 bits per heavy atom. The van der Waals surface area contributed by atoms with Crippen molar-refractivity contribution < 1.29 is 0 Å². The highest BCUT2D eigenvalue weighted by Gasteiger charge is 2.11. The maximum absolute atomic E-state index is 6.36. The van der Waals surface area contributed by atoms with Crippen molar-refractivity contribution in [2.24, 2.45) is 0 Å². The molecule has 0 radical (unpaired) electrons. The first-order valence-electron chi connectivity index (χ1n) is 7.85. The number of aromatic nitrogens is 4. The van der Waals surface area contributed by atoms with E-state index in [0.29, 0.717) is 10.9 Å². The van der Waals surface area contributed by atoms with Crippen molar-refractivity contribution in [3.8, 4) is 5.69 Å². The van der Waals surface area contributed by atoms with E-state index in [1.165, 1.54) is 5.56 Å². The molecule has 0 unspecified atom stereocenters. The Labute approximate surface area is 154 Å². The van der Waals surface area contributed by atoms with E-state index in [4.69, 9.17) is 11.6 Å². The maximum atomic E-state index is 6.36. The van der Waals surface area contributed by atoms with Crippen LogP contribution in [-0.2, 0) is 5.75 Å². The quantitative estimate of drug-likeness (QED) is 0.373. The normalized spacial score (nSPS) is 11.1. The number of halogens is 1. The molecule has 0 amide bonds. The fraction of sp³-hybridized carbons (Fsp3) is 0.105. The summed E-state index contributed by atoms with van der Waals surface area (Å²) in [4.78, 5) is 4.48. The highest BCUT2D eigenvalue weighted by atomic mass is 35.5. The zero-order valence-corrected chi connectivity index (χ0v) is 15.1. The van der Waals surface area contributed by atoms with Crippen LogP contribution in [0.15, 0.2) is 66.1 Å². The third-order valence-corrected chi connectivity index (χ3v) is 5.32. The van der Waals surface area contributed by atoms with E-state index in [1.807, 2.05) is 41.0 Å². The molecule has 0 aliphatic rings. The van der Waals surface area contributed by atoms with Crippen LogP contribution >= 0.6 is 23.4 Å². The molecular weight excluding hydrogens is 352 g/mol. The van der Waals surface area contributed by atoms with E-state index in [0.717, 1.165) is 27.3 Å². The molecule has 0 fully saturated rings. The lowest BCUT2D eigenvalue weighted by molar-refractivity contribution is 0.878. The smallest absolute Gasteiger partial charge is 0.195 e. The second kappa shape index (κ2) is 6.86. The zero-order valence-electron chi connectivity index (χ0n) is 13.6. The van der Waals surface area contributed by atoms with Crippen molar-refractivity contribution in [3.63, 3.8) is 0 Å². The lowest BCUT2D eigenvalue weighted by atomic mass is 10.2. The molecule has 4 rings (SSSR count). The Morgan fingerprint density at radius 3 is 2.76 bits per heavy atom. The van der Waals surface area contributed by atoms with Crippen LogP contribution in [-0.4, -0.2) is 19.7 Å². The first kappa shape index (κ1) is 16.1. The fourth-order valence-corrected chi connectivity index (χ4v) is 3.89. The van der Waals surface area contributed by atoms with Crippen molar-refractivity contribution in [1.82, 2.24) is 19.7 Å². The standard InChI is InChI=1S/C19H15ClN4S/c1-13-6-2-5-9-17(13)24-12-21-23-19(24)25-11-15-10-14-7-3-4-8-16(14)22-18(15)20/h2-10,12H,11H2,1H3. The van der Waals surface area contributed by atoms with Gasteiger partial charge in [0, 0.05) is 16.7 Å². The molecule has 2 aromatic heterocycles. The Balaban J connectivity index is 1.62. The summed E-state index contributed by atoms with van der Waals surface area (Å²) in [6.45, 7) is 2.08. The van der Waals surface area contributed by atoms with E-state index in [9.17, 15) is 0 Å². The summed E-state index contributed by atoms with van der Waals surface area (Å²) in [5, 5.41) is 10.8. The van der Waals surface area contributed by atoms with Gasteiger partial charge in [0.05, 0.1) is 11.2 Å². The van der Waals surface area contributed by atoms with E-state index >= 15 is 0 Å². The van der Waals surface area contributed by atoms with Gasteiger partial charge in [-0.2, -0.15) is 0 Å². The summed E-state index contributed by atoms with van der Waals surface area (Å²) < 4.78 is 2.00. The summed E-state index contributed by atoms with van der Waals surface area (Å²) in [5.41, 5.74) is 4.15. The third kappa shape index (κ3) is 3.25.